The Morgan fingerprint density at radius 3 is 2.28 bits per heavy atom. The molecule has 1 fully saturated rings. The summed E-state index contributed by atoms with van der Waals surface area (Å²) < 4.78 is 5.04. The van der Waals surface area contributed by atoms with Crippen molar-refractivity contribution in [3.05, 3.63) is 90.6 Å². The number of carbonyl (C=O) groups is 3. The first kappa shape index (κ1) is 46.3. The van der Waals surface area contributed by atoms with Crippen LogP contribution in [0.15, 0.2) is 63.2 Å². The number of hydrogen-bond donors (Lipinski definition) is 2. The van der Waals surface area contributed by atoms with Gasteiger partial charge in [0.25, 0.3) is 5.91 Å². The number of nitrogens with one attached hydrogen (secondary N) is 2. The number of thiophene rings is 1. The Bertz CT molecular complexity index is 2040. The van der Waals surface area contributed by atoms with Gasteiger partial charge in [-0.05, 0) is 127 Å². The monoisotopic (exact) mass is 827 g/mol. The largest absolute Gasteiger partial charge is 0.469 e. The molecule has 2 aromatic carbocycles. The molecule has 312 valence electrons. The van der Waals surface area contributed by atoms with E-state index in [2.05, 4.69) is 53.7 Å². The van der Waals surface area contributed by atoms with Crippen LogP contribution < -0.4 is 10.6 Å². The number of Topliss-reactive ketones (excluding diaryl/α,β-unsaturated/α-hetero) is 1. The van der Waals surface area contributed by atoms with Crippen molar-refractivity contribution in [3.8, 4) is 0 Å². The maximum absolute atomic E-state index is 13.6. The fourth-order valence-corrected chi connectivity index (χ4v) is 8.14. The van der Waals surface area contributed by atoms with Gasteiger partial charge < -0.3 is 15.4 Å². The summed E-state index contributed by atoms with van der Waals surface area (Å²) in [5.74, 6) is -0.346. The van der Waals surface area contributed by atoms with Gasteiger partial charge in [-0.25, -0.2) is 0 Å². The summed E-state index contributed by atoms with van der Waals surface area (Å²) in [5, 5.41) is 16.1. The zero-order valence-corrected chi connectivity index (χ0v) is 37.5. The zero-order chi connectivity index (χ0) is 42.4. The number of amides is 1. The third-order valence-corrected chi connectivity index (χ3v) is 12.4. The summed E-state index contributed by atoms with van der Waals surface area (Å²) in [6.45, 7) is 17.3. The van der Waals surface area contributed by atoms with E-state index in [0.717, 1.165) is 102 Å². The quantitative estimate of drug-likeness (QED) is 0.0364. The molecule has 1 aliphatic rings. The second kappa shape index (κ2) is 22.7. The first-order chi connectivity index (χ1) is 27.8. The molecule has 1 heterocycles. The van der Waals surface area contributed by atoms with Crippen molar-refractivity contribution in [2.45, 2.75) is 126 Å². The molecule has 2 unspecified atom stereocenters. The van der Waals surface area contributed by atoms with E-state index in [-0.39, 0.29) is 24.0 Å². The van der Waals surface area contributed by atoms with Crippen molar-refractivity contribution in [1.29, 1.82) is 0 Å². The van der Waals surface area contributed by atoms with E-state index in [4.69, 9.17) is 21.3 Å². The number of methoxy groups -OCH3 is 1. The number of halogens is 1. The van der Waals surface area contributed by atoms with Gasteiger partial charge in [-0.2, -0.15) is 10.2 Å². The molecule has 0 aliphatic heterocycles. The lowest BCUT2D eigenvalue weighted by Crippen LogP contribution is -2.25. The lowest BCUT2D eigenvalue weighted by Gasteiger charge is -2.23. The highest BCUT2D eigenvalue weighted by Crippen LogP contribution is 2.36. The zero-order valence-electron chi connectivity index (χ0n) is 35.9. The SMILES string of the molecule is CCC/C(C)=N\N=C(/C)C(CC(=O)OC)/N=C(/c1ccc(Cl)cc1)c1c(C)sc(C(=O)NCCCCCNc2ccc(C(C)=C3CCC3)c(C(=O)C(C)CC)c2)c1C. The van der Waals surface area contributed by atoms with Crippen LogP contribution in [0, 0.1) is 19.8 Å². The summed E-state index contributed by atoms with van der Waals surface area (Å²) >= 11 is 7.72. The van der Waals surface area contributed by atoms with Gasteiger partial charge in [0.2, 0.25) is 0 Å². The Balaban J connectivity index is 1.44. The highest BCUT2D eigenvalue weighted by molar-refractivity contribution is 7.14. The molecule has 1 amide bonds. The number of rotatable bonds is 21. The van der Waals surface area contributed by atoms with Crippen LogP contribution in [0.3, 0.4) is 0 Å². The van der Waals surface area contributed by atoms with E-state index < -0.39 is 12.0 Å². The average molecular weight is 829 g/mol. The van der Waals surface area contributed by atoms with E-state index in [1.807, 2.05) is 52.8 Å². The molecule has 3 aromatic rings. The molecular formula is C47H62ClN5O4S. The van der Waals surface area contributed by atoms with Gasteiger partial charge in [0.1, 0.15) is 6.04 Å². The van der Waals surface area contributed by atoms with Gasteiger partial charge in [0.15, 0.2) is 5.78 Å². The molecule has 1 saturated carbocycles. The number of aliphatic imine (C=N–C) groups is 1. The molecular weight excluding hydrogens is 766 g/mol. The molecule has 1 aromatic heterocycles. The lowest BCUT2D eigenvalue weighted by molar-refractivity contribution is -0.140. The van der Waals surface area contributed by atoms with E-state index in [0.29, 0.717) is 27.9 Å². The molecule has 9 nitrogen and oxygen atoms in total. The third-order valence-electron chi connectivity index (χ3n) is 10.9. The summed E-state index contributed by atoms with van der Waals surface area (Å²) in [7, 11) is 1.36. The van der Waals surface area contributed by atoms with Crippen LogP contribution in [0.1, 0.15) is 153 Å². The maximum Gasteiger partial charge on any atom is 0.308 e. The predicted molar refractivity (Wildman–Crippen MR) is 244 cm³/mol. The Kier molecular flexibility index (Phi) is 18.1. The van der Waals surface area contributed by atoms with Gasteiger partial charge in [-0.15, -0.1) is 11.3 Å². The van der Waals surface area contributed by atoms with Crippen LogP contribution in [0.5, 0.6) is 0 Å². The number of hydrogen-bond acceptors (Lipinski definition) is 9. The first-order valence-corrected chi connectivity index (χ1v) is 22.0. The number of carbonyl (C=O) groups excluding carboxylic acids is 3. The van der Waals surface area contributed by atoms with Crippen molar-refractivity contribution >= 4 is 69.0 Å². The molecule has 4 rings (SSSR count). The molecule has 11 heteroatoms. The fraction of sp³-hybridized carbons (Fsp3) is 0.489. The minimum atomic E-state index is -0.644. The summed E-state index contributed by atoms with van der Waals surface area (Å²) in [4.78, 5) is 46.3. The Labute approximate surface area is 354 Å². The number of ketones is 1. The summed E-state index contributed by atoms with van der Waals surface area (Å²) in [6.07, 6.45) is 8.76. The summed E-state index contributed by atoms with van der Waals surface area (Å²) in [6, 6.07) is 13.0. The molecule has 2 N–H and O–H groups in total. The second-order valence-electron chi connectivity index (χ2n) is 15.4. The van der Waals surface area contributed by atoms with Crippen LogP contribution in [-0.4, -0.2) is 61.0 Å². The van der Waals surface area contributed by atoms with Crippen molar-refractivity contribution in [1.82, 2.24) is 5.32 Å². The summed E-state index contributed by atoms with van der Waals surface area (Å²) in [5.41, 5.74) is 10.2. The van der Waals surface area contributed by atoms with Gasteiger partial charge in [0.05, 0.1) is 29.8 Å². The molecule has 0 spiro atoms. The van der Waals surface area contributed by atoms with Crippen molar-refractivity contribution in [2.24, 2.45) is 21.1 Å². The average Bonchev–Trinajstić information content (AvgIpc) is 3.49. The topological polar surface area (TPSA) is 122 Å². The van der Waals surface area contributed by atoms with Crippen molar-refractivity contribution in [3.63, 3.8) is 0 Å². The fourth-order valence-electron chi connectivity index (χ4n) is 6.93. The van der Waals surface area contributed by atoms with E-state index in [1.165, 1.54) is 36.0 Å². The van der Waals surface area contributed by atoms with Crippen molar-refractivity contribution in [2.75, 3.05) is 25.5 Å². The van der Waals surface area contributed by atoms with Crippen LogP contribution in [0.2, 0.25) is 5.02 Å². The van der Waals surface area contributed by atoms with Crippen LogP contribution >= 0.6 is 22.9 Å². The van der Waals surface area contributed by atoms with E-state index in [1.54, 1.807) is 12.1 Å². The molecule has 1 aliphatic carbocycles. The number of aryl methyl sites for hydroxylation is 1. The first-order valence-electron chi connectivity index (χ1n) is 20.8. The third kappa shape index (κ3) is 12.5. The Morgan fingerprint density at radius 2 is 1.64 bits per heavy atom. The van der Waals surface area contributed by atoms with Crippen LogP contribution in [0.25, 0.3) is 5.57 Å². The molecule has 2 atom stereocenters. The standard InChI is InChI=1S/C47H62ClN5O4S/c1-10-16-30(4)52-53-33(7)41(28-42(54)57-9)51-44(36-19-21-37(48)22-20-36)43-32(6)46(58-34(43)8)47(56)50-26-14-12-13-25-49-38-23-24-39(31(5)35-17-15-18-35)40(27-38)45(55)29(3)11-2/h19-24,27,29,41,49H,10-18,25-26,28H2,1-9H3,(H,50,56)/b51-44-,52-30-,53-33+. The number of allylic oxidation sites excluding steroid dienone is 2. The smallest absolute Gasteiger partial charge is 0.308 e. The molecule has 0 bridgehead atoms. The van der Waals surface area contributed by atoms with Gasteiger partial charge in [-0.1, -0.05) is 62.6 Å². The minimum Gasteiger partial charge on any atom is -0.469 e. The number of nitrogens with zero attached hydrogens (tertiary/aromatic N) is 3. The van der Waals surface area contributed by atoms with E-state index >= 15 is 0 Å². The number of esters is 1. The Morgan fingerprint density at radius 1 is 0.931 bits per heavy atom. The number of anilines is 1. The molecule has 58 heavy (non-hydrogen) atoms. The van der Waals surface area contributed by atoms with Gasteiger partial charge in [0, 0.05) is 57.0 Å². The maximum atomic E-state index is 13.6. The number of ether oxygens (including phenoxy) is 1. The van der Waals surface area contributed by atoms with Crippen LogP contribution in [-0.2, 0) is 9.53 Å². The predicted octanol–water partition coefficient (Wildman–Crippen LogP) is 11.6. The van der Waals surface area contributed by atoms with Crippen molar-refractivity contribution < 1.29 is 19.1 Å². The molecule has 0 radical (unpaired) electrons. The lowest BCUT2D eigenvalue weighted by atomic mass is 9.83. The number of benzene rings is 2. The minimum absolute atomic E-state index is 0.0142. The van der Waals surface area contributed by atoms with E-state index in [9.17, 15) is 14.4 Å². The van der Waals surface area contributed by atoms with Gasteiger partial charge >= 0.3 is 5.97 Å². The number of unbranched alkanes of at least 4 members (excludes halogenated alkanes) is 2. The molecule has 0 saturated heterocycles. The highest BCUT2D eigenvalue weighted by atomic mass is 35.5. The highest BCUT2D eigenvalue weighted by Gasteiger charge is 2.26. The normalized spacial score (nSPS) is 14.4. The second-order valence-corrected chi connectivity index (χ2v) is 17.0. The van der Waals surface area contributed by atoms with Crippen LogP contribution in [0.4, 0.5) is 5.69 Å². The van der Waals surface area contributed by atoms with Gasteiger partial charge in [-0.3, -0.25) is 19.4 Å². The Hall–Kier alpha value is -4.41.